The van der Waals surface area contributed by atoms with Crippen LogP contribution in [-0.2, 0) is 13.0 Å². The third-order valence-corrected chi connectivity index (χ3v) is 4.27. The number of hydrogen-bond donors (Lipinski definition) is 1. The van der Waals surface area contributed by atoms with Crippen LogP contribution >= 0.6 is 0 Å². The van der Waals surface area contributed by atoms with E-state index in [0.717, 1.165) is 48.0 Å². The molecule has 110 valence electrons. The minimum atomic E-state index is 0.235. The SMILES string of the molecule is Cc1c(-c2ccc3c(c2)OCCO3)nc2n1CC(N)CC2. The predicted octanol–water partition coefficient (Wildman–Crippen LogP) is 1.90. The Balaban J connectivity index is 1.77. The Morgan fingerprint density at radius 1 is 1.24 bits per heavy atom. The molecule has 0 aliphatic carbocycles. The van der Waals surface area contributed by atoms with Gasteiger partial charge in [0.2, 0.25) is 0 Å². The molecule has 5 nitrogen and oxygen atoms in total. The minimum Gasteiger partial charge on any atom is -0.486 e. The van der Waals surface area contributed by atoms with Gasteiger partial charge in [-0.1, -0.05) is 0 Å². The number of ether oxygens (including phenoxy) is 2. The maximum absolute atomic E-state index is 6.07. The molecule has 4 rings (SSSR count). The zero-order valence-electron chi connectivity index (χ0n) is 12.1. The van der Waals surface area contributed by atoms with Crippen molar-refractivity contribution in [1.82, 2.24) is 9.55 Å². The van der Waals surface area contributed by atoms with Crippen molar-refractivity contribution >= 4 is 0 Å². The first-order chi connectivity index (χ1) is 10.2. The Labute approximate surface area is 123 Å². The van der Waals surface area contributed by atoms with Crippen LogP contribution in [0.1, 0.15) is 17.9 Å². The van der Waals surface area contributed by atoms with Gasteiger partial charge in [-0.3, -0.25) is 0 Å². The third kappa shape index (κ3) is 2.08. The van der Waals surface area contributed by atoms with Crippen LogP contribution in [-0.4, -0.2) is 28.8 Å². The van der Waals surface area contributed by atoms with Gasteiger partial charge in [-0.2, -0.15) is 0 Å². The monoisotopic (exact) mass is 285 g/mol. The summed E-state index contributed by atoms with van der Waals surface area (Å²) in [6.07, 6.45) is 1.96. The number of aromatic nitrogens is 2. The summed E-state index contributed by atoms with van der Waals surface area (Å²) in [6.45, 7) is 4.19. The topological polar surface area (TPSA) is 62.3 Å². The van der Waals surface area contributed by atoms with E-state index in [1.807, 2.05) is 12.1 Å². The van der Waals surface area contributed by atoms with E-state index >= 15 is 0 Å². The van der Waals surface area contributed by atoms with Crippen molar-refractivity contribution in [3.8, 4) is 22.8 Å². The molecule has 2 aromatic rings. The molecule has 21 heavy (non-hydrogen) atoms. The Morgan fingerprint density at radius 2 is 2.05 bits per heavy atom. The van der Waals surface area contributed by atoms with Crippen molar-refractivity contribution in [1.29, 1.82) is 0 Å². The Hall–Kier alpha value is -2.01. The van der Waals surface area contributed by atoms with Gasteiger partial charge in [-0.05, 0) is 31.5 Å². The van der Waals surface area contributed by atoms with Crippen molar-refractivity contribution < 1.29 is 9.47 Å². The standard InChI is InChI=1S/C16H19N3O2/c1-10-16(18-15-5-3-12(17)9-19(10)15)11-2-4-13-14(8-11)21-7-6-20-13/h2,4,8,12H,3,5-7,9,17H2,1H3. The van der Waals surface area contributed by atoms with Crippen LogP contribution in [0.3, 0.4) is 0 Å². The van der Waals surface area contributed by atoms with Gasteiger partial charge in [0.15, 0.2) is 11.5 Å². The van der Waals surface area contributed by atoms with E-state index < -0.39 is 0 Å². The second-order valence-electron chi connectivity index (χ2n) is 5.73. The van der Waals surface area contributed by atoms with Crippen LogP contribution in [0.25, 0.3) is 11.3 Å². The van der Waals surface area contributed by atoms with Gasteiger partial charge in [0.1, 0.15) is 19.0 Å². The Kier molecular flexibility index (Phi) is 2.89. The molecule has 2 aliphatic heterocycles. The third-order valence-electron chi connectivity index (χ3n) is 4.27. The fraction of sp³-hybridized carbons (Fsp3) is 0.438. The first kappa shape index (κ1) is 12.7. The largest absolute Gasteiger partial charge is 0.486 e. The number of nitrogens with two attached hydrogens (primary N) is 1. The lowest BCUT2D eigenvalue weighted by Crippen LogP contribution is -2.32. The molecule has 1 aromatic heterocycles. The normalized spacial score (nSPS) is 20.2. The average molecular weight is 285 g/mol. The number of hydrogen-bond acceptors (Lipinski definition) is 4. The number of imidazole rings is 1. The molecule has 0 saturated heterocycles. The quantitative estimate of drug-likeness (QED) is 0.869. The van der Waals surface area contributed by atoms with Crippen LogP contribution in [0.5, 0.6) is 11.5 Å². The minimum absolute atomic E-state index is 0.235. The van der Waals surface area contributed by atoms with E-state index in [2.05, 4.69) is 17.6 Å². The summed E-state index contributed by atoms with van der Waals surface area (Å²) in [5.41, 5.74) is 9.35. The van der Waals surface area contributed by atoms with Gasteiger partial charge < -0.3 is 19.8 Å². The van der Waals surface area contributed by atoms with Crippen molar-refractivity contribution in [2.75, 3.05) is 13.2 Å². The van der Waals surface area contributed by atoms with Crippen LogP contribution in [0.4, 0.5) is 0 Å². The molecule has 0 radical (unpaired) electrons. The highest BCUT2D eigenvalue weighted by Crippen LogP contribution is 2.35. The molecule has 2 aliphatic rings. The van der Waals surface area contributed by atoms with Crippen LogP contribution in [0.15, 0.2) is 18.2 Å². The second-order valence-corrected chi connectivity index (χ2v) is 5.73. The first-order valence-corrected chi connectivity index (χ1v) is 7.44. The van der Waals surface area contributed by atoms with E-state index in [0.29, 0.717) is 13.2 Å². The highest BCUT2D eigenvalue weighted by Gasteiger charge is 2.22. The van der Waals surface area contributed by atoms with Gasteiger partial charge in [-0.15, -0.1) is 0 Å². The highest BCUT2D eigenvalue weighted by molar-refractivity contribution is 5.66. The zero-order valence-corrected chi connectivity index (χ0v) is 12.1. The number of fused-ring (bicyclic) bond motifs is 2. The molecule has 2 N–H and O–H groups in total. The van der Waals surface area contributed by atoms with E-state index in [4.69, 9.17) is 20.2 Å². The first-order valence-electron chi connectivity index (χ1n) is 7.44. The zero-order chi connectivity index (χ0) is 14.4. The maximum Gasteiger partial charge on any atom is 0.162 e. The second kappa shape index (κ2) is 4.77. The summed E-state index contributed by atoms with van der Waals surface area (Å²) in [4.78, 5) is 4.81. The summed E-state index contributed by atoms with van der Waals surface area (Å²) in [7, 11) is 0. The van der Waals surface area contributed by atoms with Gasteiger partial charge in [0.05, 0.1) is 5.69 Å². The fourth-order valence-corrected chi connectivity index (χ4v) is 3.13. The molecule has 0 bridgehead atoms. The van der Waals surface area contributed by atoms with E-state index in [9.17, 15) is 0 Å². The van der Waals surface area contributed by atoms with Crippen molar-refractivity contribution in [3.63, 3.8) is 0 Å². The molecule has 0 saturated carbocycles. The van der Waals surface area contributed by atoms with E-state index in [1.54, 1.807) is 0 Å². The van der Waals surface area contributed by atoms with Crippen LogP contribution < -0.4 is 15.2 Å². The molecule has 3 heterocycles. The summed E-state index contributed by atoms with van der Waals surface area (Å²) >= 11 is 0. The molecular formula is C16H19N3O2. The molecule has 1 aromatic carbocycles. The Morgan fingerprint density at radius 3 is 2.90 bits per heavy atom. The molecule has 0 amide bonds. The molecular weight excluding hydrogens is 266 g/mol. The van der Waals surface area contributed by atoms with Crippen LogP contribution in [0.2, 0.25) is 0 Å². The molecule has 1 atom stereocenters. The molecule has 1 unspecified atom stereocenters. The predicted molar refractivity (Wildman–Crippen MR) is 79.7 cm³/mol. The number of benzene rings is 1. The fourth-order valence-electron chi connectivity index (χ4n) is 3.13. The Bertz CT molecular complexity index is 693. The molecule has 5 heteroatoms. The lowest BCUT2D eigenvalue weighted by molar-refractivity contribution is 0.171. The van der Waals surface area contributed by atoms with Gasteiger partial charge in [-0.25, -0.2) is 4.98 Å². The van der Waals surface area contributed by atoms with Crippen LogP contribution in [0, 0.1) is 6.92 Å². The molecule has 0 spiro atoms. The average Bonchev–Trinajstić information content (AvgIpc) is 2.84. The summed E-state index contributed by atoms with van der Waals surface area (Å²) < 4.78 is 13.5. The van der Waals surface area contributed by atoms with Gasteiger partial charge in [0, 0.05) is 30.3 Å². The maximum atomic E-state index is 6.07. The van der Waals surface area contributed by atoms with E-state index in [-0.39, 0.29) is 6.04 Å². The smallest absolute Gasteiger partial charge is 0.162 e. The lowest BCUT2D eigenvalue weighted by Gasteiger charge is -2.21. The number of aryl methyl sites for hydroxylation is 1. The number of nitrogens with zero attached hydrogens (tertiary/aromatic N) is 2. The lowest BCUT2D eigenvalue weighted by atomic mass is 10.1. The molecule has 0 fully saturated rings. The summed E-state index contributed by atoms with van der Waals surface area (Å²) in [5.74, 6) is 2.76. The van der Waals surface area contributed by atoms with Gasteiger partial charge >= 0.3 is 0 Å². The van der Waals surface area contributed by atoms with Gasteiger partial charge in [0.25, 0.3) is 0 Å². The van der Waals surface area contributed by atoms with E-state index in [1.165, 1.54) is 5.69 Å². The van der Waals surface area contributed by atoms with Crippen molar-refractivity contribution in [2.45, 2.75) is 32.4 Å². The number of rotatable bonds is 1. The summed E-state index contributed by atoms with van der Waals surface area (Å²) in [5, 5.41) is 0. The van der Waals surface area contributed by atoms with Crippen molar-refractivity contribution in [2.24, 2.45) is 5.73 Å². The van der Waals surface area contributed by atoms with Crippen molar-refractivity contribution in [3.05, 3.63) is 29.7 Å². The highest BCUT2D eigenvalue weighted by atomic mass is 16.6. The summed E-state index contributed by atoms with van der Waals surface area (Å²) in [6, 6.07) is 6.27.